The molecule has 6 heteroatoms. The van der Waals surface area contributed by atoms with Crippen molar-refractivity contribution < 1.29 is 19.2 Å². The zero-order valence-electron chi connectivity index (χ0n) is 19.5. The van der Waals surface area contributed by atoms with Gasteiger partial charge in [-0.1, -0.05) is 70.1 Å². The van der Waals surface area contributed by atoms with E-state index in [0.717, 1.165) is 12.8 Å². The number of nitrogens with zero attached hydrogens (tertiary/aromatic N) is 1. The fraction of sp³-hybridized carbons (Fsp3) is 0.423. The number of carbonyl (C=O) groups is 2. The molecule has 0 spiro atoms. The number of hydrogen-bond donors (Lipinski definition) is 1. The minimum atomic E-state index is -0.940. The molecule has 0 bridgehead atoms. The van der Waals surface area contributed by atoms with Crippen LogP contribution in [0.25, 0.3) is 0 Å². The summed E-state index contributed by atoms with van der Waals surface area (Å²) >= 11 is 0. The highest BCUT2D eigenvalue weighted by atomic mass is 16.8. The average molecular weight is 437 g/mol. The molecule has 0 heterocycles. The number of primary amides is 1. The standard InChI is InChI=1S/C26H32N2O4/c1-6-21(31-24(30)17-10-8-7-9-11-17)32-28-22(23(27)29)18-12-13-19-20(16-18)26(4,5)15-14-25(19,2)3/h7-13,16,21H,6,14-15H2,1-5H3,(H2,27,29). The van der Waals surface area contributed by atoms with Crippen LogP contribution in [-0.2, 0) is 25.2 Å². The summed E-state index contributed by atoms with van der Waals surface area (Å²) in [7, 11) is 0. The molecule has 0 radical (unpaired) electrons. The summed E-state index contributed by atoms with van der Waals surface area (Å²) in [6.07, 6.45) is 1.56. The Bertz CT molecular complexity index is 1030. The van der Waals surface area contributed by atoms with Crippen LogP contribution in [0.15, 0.2) is 53.7 Å². The second-order valence-corrected chi connectivity index (χ2v) is 9.55. The molecule has 6 nitrogen and oxygen atoms in total. The van der Waals surface area contributed by atoms with E-state index in [1.807, 2.05) is 18.2 Å². The van der Waals surface area contributed by atoms with E-state index in [9.17, 15) is 9.59 Å². The van der Waals surface area contributed by atoms with Gasteiger partial charge in [-0.2, -0.15) is 0 Å². The van der Waals surface area contributed by atoms with Crippen molar-refractivity contribution in [2.75, 3.05) is 0 Å². The third kappa shape index (κ3) is 5.01. The maximum absolute atomic E-state index is 12.3. The molecule has 3 rings (SSSR count). The summed E-state index contributed by atoms with van der Waals surface area (Å²) in [5.41, 5.74) is 9.11. The molecule has 0 aliphatic heterocycles. The van der Waals surface area contributed by atoms with Crippen LogP contribution in [0.3, 0.4) is 0 Å². The summed E-state index contributed by atoms with van der Waals surface area (Å²) in [4.78, 5) is 30.0. The number of fused-ring (bicyclic) bond motifs is 1. The molecule has 0 saturated carbocycles. The topological polar surface area (TPSA) is 91.0 Å². The van der Waals surface area contributed by atoms with Gasteiger partial charge in [0.2, 0.25) is 0 Å². The third-order valence-electron chi connectivity index (χ3n) is 6.20. The maximum atomic E-state index is 12.3. The minimum Gasteiger partial charge on any atom is -0.419 e. The molecule has 1 unspecified atom stereocenters. The zero-order valence-corrected chi connectivity index (χ0v) is 19.5. The van der Waals surface area contributed by atoms with Crippen LogP contribution < -0.4 is 5.73 Å². The first-order chi connectivity index (χ1) is 15.0. The van der Waals surface area contributed by atoms with Gasteiger partial charge in [0.15, 0.2) is 5.71 Å². The molecule has 2 N–H and O–H groups in total. The molecule has 2 aromatic carbocycles. The smallest absolute Gasteiger partial charge is 0.341 e. The Hall–Kier alpha value is -3.15. The first kappa shape index (κ1) is 23.5. The van der Waals surface area contributed by atoms with Gasteiger partial charge in [0.1, 0.15) is 0 Å². The van der Waals surface area contributed by atoms with Crippen molar-refractivity contribution in [1.29, 1.82) is 0 Å². The first-order valence-electron chi connectivity index (χ1n) is 11.0. The van der Waals surface area contributed by atoms with E-state index < -0.39 is 18.2 Å². The lowest BCUT2D eigenvalue weighted by molar-refractivity contribution is -0.115. The van der Waals surface area contributed by atoms with Gasteiger partial charge in [-0.05, 0) is 53.0 Å². The molecular formula is C26H32N2O4. The zero-order chi connectivity index (χ0) is 23.5. The van der Waals surface area contributed by atoms with Crippen molar-refractivity contribution in [3.63, 3.8) is 0 Å². The molecule has 32 heavy (non-hydrogen) atoms. The molecule has 0 fully saturated rings. The third-order valence-corrected chi connectivity index (χ3v) is 6.20. The number of esters is 1. The Morgan fingerprint density at radius 3 is 2.19 bits per heavy atom. The highest BCUT2D eigenvalue weighted by molar-refractivity contribution is 6.44. The average Bonchev–Trinajstić information content (AvgIpc) is 2.76. The van der Waals surface area contributed by atoms with Crippen LogP contribution >= 0.6 is 0 Å². The molecular weight excluding hydrogens is 404 g/mol. The summed E-state index contributed by atoms with van der Waals surface area (Å²) in [5.74, 6) is -1.23. The van der Waals surface area contributed by atoms with Gasteiger partial charge in [-0.15, -0.1) is 0 Å². The summed E-state index contributed by atoms with van der Waals surface area (Å²) in [5, 5.41) is 4.01. The maximum Gasteiger partial charge on any atom is 0.341 e. The first-order valence-corrected chi connectivity index (χ1v) is 11.0. The molecule has 1 aliphatic rings. The molecule has 0 aromatic heterocycles. The molecule has 2 aromatic rings. The number of ether oxygens (including phenoxy) is 1. The Balaban J connectivity index is 1.86. The summed E-state index contributed by atoms with van der Waals surface area (Å²) < 4.78 is 5.38. The number of amides is 1. The van der Waals surface area contributed by atoms with Gasteiger partial charge in [-0.25, -0.2) is 4.79 Å². The normalized spacial score (nSPS) is 17.7. The molecule has 1 aliphatic carbocycles. The van der Waals surface area contributed by atoms with Crippen molar-refractivity contribution in [2.24, 2.45) is 10.9 Å². The van der Waals surface area contributed by atoms with Crippen molar-refractivity contribution in [1.82, 2.24) is 0 Å². The van der Waals surface area contributed by atoms with E-state index in [4.69, 9.17) is 15.3 Å². The largest absolute Gasteiger partial charge is 0.419 e. The fourth-order valence-corrected chi connectivity index (χ4v) is 4.03. The van der Waals surface area contributed by atoms with E-state index in [0.29, 0.717) is 17.5 Å². The van der Waals surface area contributed by atoms with Crippen molar-refractivity contribution in [2.45, 2.75) is 71.0 Å². The van der Waals surface area contributed by atoms with Crippen LogP contribution in [0, 0.1) is 0 Å². The molecule has 0 saturated heterocycles. The Labute approximate surface area is 189 Å². The van der Waals surface area contributed by atoms with Gasteiger partial charge in [0, 0.05) is 12.0 Å². The van der Waals surface area contributed by atoms with Crippen molar-refractivity contribution in [3.8, 4) is 0 Å². The molecule has 1 amide bonds. The molecule has 170 valence electrons. The number of nitrogens with two attached hydrogens (primary N) is 1. The summed E-state index contributed by atoms with van der Waals surface area (Å²) in [6.45, 7) is 10.7. The Morgan fingerprint density at radius 1 is 0.969 bits per heavy atom. The number of oxime groups is 1. The van der Waals surface area contributed by atoms with Crippen LogP contribution in [0.2, 0.25) is 0 Å². The van der Waals surface area contributed by atoms with E-state index >= 15 is 0 Å². The van der Waals surface area contributed by atoms with Gasteiger partial charge in [0.05, 0.1) is 5.56 Å². The predicted octanol–water partition coefficient (Wildman–Crippen LogP) is 4.83. The number of rotatable bonds is 7. The van der Waals surface area contributed by atoms with Gasteiger partial charge in [-0.3, -0.25) is 4.79 Å². The van der Waals surface area contributed by atoms with Crippen molar-refractivity contribution in [3.05, 3.63) is 70.8 Å². The number of benzene rings is 2. The second kappa shape index (κ2) is 9.15. The van der Waals surface area contributed by atoms with Gasteiger partial charge in [0.25, 0.3) is 12.2 Å². The van der Waals surface area contributed by atoms with Crippen LogP contribution in [-0.4, -0.2) is 23.9 Å². The second-order valence-electron chi connectivity index (χ2n) is 9.55. The summed E-state index contributed by atoms with van der Waals surface area (Å²) in [6, 6.07) is 14.5. The monoisotopic (exact) mass is 436 g/mol. The lowest BCUT2D eigenvalue weighted by Crippen LogP contribution is -2.34. The predicted molar refractivity (Wildman–Crippen MR) is 124 cm³/mol. The Kier molecular flexibility index (Phi) is 6.72. The van der Waals surface area contributed by atoms with E-state index in [-0.39, 0.29) is 16.5 Å². The van der Waals surface area contributed by atoms with Crippen LogP contribution in [0.4, 0.5) is 0 Å². The molecule has 1 atom stereocenters. The van der Waals surface area contributed by atoms with Crippen LogP contribution in [0.1, 0.15) is 80.9 Å². The highest BCUT2D eigenvalue weighted by Gasteiger charge is 2.37. The van der Waals surface area contributed by atoms with E-state index in [1.165, 1.54) is 11.1 Å². The number of hydrogen-bond acceptors (Lipinski definition) is 5. The van der Waals surface area contributed by atoms with E-state index in [2.05, 4.69) is 38.9 Å². The number of carbonyl (C=O) groups excluding carboxylic acids is 2. The van der Waals surface area contributed by atoms with Crippen molar-refractivity contribution >= 4 is 17.6 Å². The lowest BCUT2D eigenvalue weighted by atomic mass is 9.63. The fourth-order valence-electron chi connectivity index (χ4n) is 4.03. The van der Waals surface area contributed by atoms with Gasteiger partial charge < -0.3 is 15.3 Å². The quantitative estimate of drug-likeness (QED) is 0.291. The minimum absolute atomic E-state index is 0.00110. The Morgan fingerprint density at radius 2 is 1.59 bits per heavy atom. The SMILES string of the molecule is CCC(ON=C(C(N)=O)c1ccc2c(c1)C(C)(C)CCC2(C)C)OC(=O)c1ccccc1. The van der Waals surface area contributed by atoms with Gasteiger partial charge >= 0.3 is 5.97 Å². The van der Waals surface area contributed by atoms with E-state index in [1.54, 1.807) is 31.2 Å². The highest BCUT2D eigenvalue weighted by Crippen LogP contribution is 2.45. The van der Waals surface area contributed by atoms with Crippen LogP contribution in [0.5, 0.6) is 0 Å². The lowest BCUT2D eigenvalue weighted by Gasteiger charge is -2.42.